The van der Waals surface area contributed by atoms with Crippen molar-refractivity contribution in [3.8, 4) is 5.75 Å². The summed E-state index contributed by atoms with van der Waals surface area (Å²) in [6.45, 7) is 1.59. The molecule has 3 aromatic carbocycles. The highest BCUT2D eigenvalue weighted by Gasteiger charge is 2.24. The van der Waals surface area contributed by atoms with Crippen molar-refractivity contribution in [3.63, 3.8) is 0 Å². The molecule has 0 bridgehead atoms. The smallest absolute Gasteiger partial charge is 0.321 e. The fourth-order valence-electron chi connectivity index (χ4n) is 3.59. The monoisotopic (exact) mass is 461 g/mol. The lowest BCUT2D eigenvalue weighted by atomic mass is 10.0. The average Bonchev–Trinajstić information content (AvgIpc) is 2.88. The van der Waals surface area contributed by atoms with Crippen LogP contribution in [0.1, 0.15) is 15.9 Å². The summed E-state index contributed by atoms with van der Waals surface area (Å²) < 4.78 is 18.6. The Kier molecular flexibility index (Phi) is 7.17. The van der Waals surface area contributed by atoms with E-state index in [0.29, 0.717) is 43.1 Å². The molecule has 1 N–H and O–H groups in total. The normalized spacial score (nSPS) is 13.3. The third kappa shape index (κ3) is 5.78. The maximum absolute atomic E-state index is 13.0. The van der Waals surface area contributed by atoms with Gasteiger partial charge in [-0.2, -0.15) is 0 Å². The number of hydrogen-bond acceptors (Lipinski definition) is 4. The maximum Gasteiger partial charge on any atom is 0.321 e. The summed E-state index contributed by atoms with van der Waals surface area (Å²) >= 11 is 0. The summed E-state index contributed by atoms with van der Waals surface area (Å²) in [4.78, 5) is 40.7. The molecule has 3 amide bonds. The Morgan fingerprint density at radius 1 is 0.765 bits per heavy atom. The van der Waals surface area contributed by atoms with Gasteiger partial charge in [0.25, 0.3) is 5.91 Å². The van der Waals surface area contributed by atoms with Crippen LogP contribution in [0.15, 0.2) is 78.9 Å². The highest BCUT2D eigenvalue weighted by Crippen LogP contribution is 2.16. The molecule has 1 fully saturated rings. The Hall–Kier alpha value is -4.20. The first kappa shape index (κ1) is 23.0. The van der Waals surface area contributed by atoms with Crippen molar-refractivity contribution >= 4 is 23.4 Å². The van der Waals surface area contributed by atoms with E-state index in [-0.39, 0.29) is 24.3 Å². The standard InChI is InChI=1S/C26H24FN3O4/c27-21-10-6-19(7-11-21)25(32)20-8-12-23(13-9-20)34-18-24(31)29-14-16-30(17-15-29)26(33)28-22-4-2-1-3-5-22/h1-13H,14-18H2,(H,28,33). The molecule has 0 spiro atoms. The molecular weight excluding hydrogens is 437 g/mol. The molecule has 0 atom stereocenters. The molecule has 4 rings (SSSR count). The molecule has 1 aliphatic heterocycles. The number of ether oxygens (including phenoxy) is 1. The zero-order valence-corrected chi connectivity index (χ0v) is 18.4. The number of anilines is 1. The number of carbonyl (C=O) groups excluding carboxylic acids is 3. The minimum absolute atomic E-state index is 0.137. The van der Waals surface area contributed by atoms with E-state index in [1.165, 1.54) is 24.3 Å². The fraction of sp³-hybridized carbons (Fsp3) is 0.192. The predicted octanol–water partition coefficient (Wildman–Crippen LogP) is 3.81. The Morgan fingerprint density at radius 3 is 1.94 bits per heavy atom. The van der Waals surface area contributed by atoms with Gasteiger partial charge in [0.1, 0.15) is 11.6 Å². The Labute approximate surface area is 196 Å². The minimum Gasteiger partial charge on any atom is -0.484 e. The van der Waals surface area contributed by atoms with Crippen LogP contribution in [0.3, 0.4) is 0 Å². The topological polar surface area (TPSA) is 79.0 Å². The molecule has 0 aliphatic carbocycles. The molecule has 0 aromatic heterocycles. The lowest BCUT2D eigenvalue weighted by molar-refractivity contribution is -0.134. The van der Waals surface area contributed by atoms with Crippen molar-refractivity contribution in [2.45, 2.75) is 0 Å². The van der Waals surface area contributed by atoms with Crippen molar-refractivity contribution in [2.24, 2.45) is 0 Å². The molecule has 7 nitrogen and oxygen atoms in total. The Bertz CT molecular complexity index is 1140. The minimum atomic E-state index is -0.401. The Morgan fingerprint density at radius 2 is 1.32 bits per heavy atom. The molecule has 3 aromatic rings. The van der Waals surface area contributed by atoms with E-state index in [1.807, 2.05) is 30.3 Å². The number of hydrogen-bond donors (Lipinski definition) is 1. The van der Waals surface area contributed by atoms with Gasteiger partial charge in [-0.3, -0.25) is 9.59 Å². The zero-order chi connectivity index (χ0) is 23.9. The second-order valence-electron chi connectivity index (χ2n) is 7.81. The molecule has 1 aliphatic rings. The number of nitrogens with zero attached hydrogens (tertiary/aromatic N) is 2. The van der Waals surface area contributed by atoms with Crippen molar-refractivity contribution in [2.75, 3.05) is 38.1 Å². The van der Waals surface area contributed by atoms with Gasteiger partial charge in [0, 0.05) is 43.0 Å². The van der Waals surface area contributed by atoms with Crippen LogP contribution in [0.4, 0.5) is 14.9 Å². The number of urea groups is 1. The number of halogens is 1. The summed E-state index contributed by atoms with van der Waals surface area (Å²) in [5.41, 5.74) is 1.56. The first-order chi connectivity index (χ1) is 16.5. The SMILES string of the molecule is O=C(c1ccc(F)cc1)c1ccc(OCC(=O)N2CCN(C(=O)Nc3ccccc3)CC2)cc1. The first-order valence-corrected chi connectivity index (χ1v) is 10.9. The fourth-order valence-corrected chi connectivity index (χ4v) is 3.59. The summed E-state index contributed by atoms with van der Waals surface area (Å²) in [5.74, 6) is -0.335. The lowest BCUT2D eigenvalue weighted by Gasteiger charge is -2.34. The number of benzene rings is 3. The molecule has 0 unspecified atom stereocenters. The van der Waals surface area contributed by atoms with Crippen molar-refractivity contribution in [1.29, 1.82) is 0 Å². The van der Waals surface area contributed by atoms with E-state index in [9.17, 15) is 18.8 Å². The molecule has 1 saturated heterocycles. The predicted molar refractivity (Wildman–Crippen MR) is 125 cm³/mol. The molecule has 174 valence electrons. The summed E-state index contributed by atoms with van der Waals surface area (Å²) in [6.07, 6.45) is 0. The van der Waals surface area contributed by atoms with Gasteiger partial charge < -0.3 is 19.9 Å². The third-order valence-electron chi connectivity index (χ3n) is 5.53. The maximum atomic E-state index is 13.0. The second-order valence-corrected chi connectivity index (χ2v) is 7.81. The molecule has 1 heterocycles. The van der Waals surface area contributed by atoms with Gasteiger partial charge >= 0.3 is 6.03 Å². The van der Waals surface area contributed by atoms with Crippen LogP contribution in [-0.2, 0) is 4.79 Å². The molecule has 8 heteroatoms. The number of nitrogens with one attached hydrogen (secondary N) is 1. The van der Waals surface area contributed by atoms with Gasteiger partial charge in [-0.15, -0.1) is 0 Å². The van der Waals surface area contributed by atoms with Crippen LogP contribution >= 0.6 is 0 Å². The van der Waals surface area contributed by atoms with Crippen LogP contribution in [0, 0.1) is 5.82 Å². The zero-order valence-electron chi connectivity index (χ0n) is 18.4. The summed E-state index contributed by atoms with van der Waals surface area (Å²) in [5, 5.41) is 2.85. The molecular formula is C26H24FN3O4. The highest BCUT2D eigenvalue weighted by atomic mass is 19.1. The van der Waals surface area contributed by atoms with Gasteiger partial charge in [0.2, 0.25) is 0 Å². The van der Waals surface area contributed by atoms with E-state index in [4.69, 9.17) is 4.74 Å². The van der Waals surface area contributed by atoms with Crippen molar-refractivity contribution in [3.05, 3.63) is 95.8 Å². The van der Waals surface area contributed by atoms with Gasteiger partial charge in [0.15, 0.2) is 12.4 Å². The summed E-state index contributed by atoms with van der Waals surface area (Å²) in [7, 11) is 0. The number of amides is 3. The third-order valence-corrected chi connectivity index (χ3v) is 5.53. The van der Waals surface area contributed by atoms with Gasteiger partial charge in [-0.25, -0.2) is 9.18 Å². The van der Waals surface area contributed by atoms with Crippen LogP contribution in [0.25, 0.3) is 0 Å². The quantitative estimate of drug-likeness (QED) is 0.567. The number of ketones is 1. The van der Waals surface area contributed by atoms with Crippen LogP contribution in [0.5, 0.6) is 5.75 Å². The van der Waals surface area contributed by atoms with E-state index in [1.54, 1.807) is 34.1 Å². The van der Waals surface area contributed by atoms with Gasteiger partial charge in [-0.05, 0) is 60.7 Å². The van der Waals surface area contributed by atoms with Crippen LogP contribution in [0.2, 0.25) is 0 Å². The number of para-hydroxylation sites is 1. The van der Waals surface area contributed by atoms with E-state index in [0.717, 1.165) is 5.69 Å². The van der Waals surface area contributed by atoms with Crippen molar-refractivity contribution in [1.82, 2.24) is 9.80 Å². The largest absolute Gasteiger partial charge is 0.484 e. The first-order valence-electron chi connectivity index (χ1n) is 10.9. The van der Waals surface area contributed by atoms with E-state index >= 15 is 0 Å². The van der Waals surface area contributed by atoms with E-state index in [2.05, 4.69) is 5.32 Å². The highest BCUT2D eigenvalue weighted by molar-refractivity contribution is 6.09. The van der Waals surface area contributed by atoms with Gasteiger partial charge in [0.05, 0.1) is 0 Å². The van der Waals surface area contributed by atoms with E-state index < -0.39 is 5.82 Å². The number of carbonyl (C=O) groups is 3. The Balaban J connectivity index is 1.23. The molecule has 34 heavy (non-hydrogen) atoms. The van der Waals surface area contributed by atoms with Crippen molar-refractivity contribution < 1.29 is 23.5 Å². The van der Waals surface area contributed by atoms with Gasteiger partial charge in [-0.1, -0.05) is 18.2 Å². The average molecular weight is 461 g/mol. The second kappa shape index (κ2) is 10.6. The molecule has 0 radical (unpaired) electrons. The van der Waals surface area contributed by atoms with Crippen LogP contribution in [-0.4, -0.2) is 60.3 Å². The number of rotatable bonds is 6. The number of piperazine rings is 1. The lowest BCUT2D eigenvalue weighted by Crippen LogP contribution is -2.52. The summed E-state index contributed by atoms with van der Waals surface area (Å²) in [6, 6.07) is 20.8. The van der Waals surface area contributed by atoms with Crippen LogP contribution < -0.4 is 10.1 Å². The molecule has 0 saturated carbocycles.